The molecule has 2 heterocycles. The van der Waals surface area contributed by atoms with Gasteiger partial charge in [0.1, 0.15) is 0 Å². The number of rotatable bonds is 5. The number of anilines is 1. The van der Waals surface area contributed by atoms with Crippen LogP contribution in [0.25, 0.3) is 10.2 Å². The highest BCUT2D eigenvalue weighted by Crippen LogP contribution is 2.32. The van der Waals surface area contributed by atoms with Gasteiger partial charge in [-0.05, 0) is 54.1 Å². The van der Waals surface area contributed by atoms with Gasteiger partial charge in [-0.2, -0.15) is 0 Å². The second-order valence-corrected chi connectivity index (χ2v) is 7.88. The van der Waals surface area contributed by atoms with Crippen LogP contribution in [0.5, 0.6) is 0 Å². The Morgan fingerprint density at radius 1 is 1.10 bits per heavy atom. The number of benzene rings is 2. The Balaban J connectivity index is 1.72. The molecule has 4 aromatic rings. The zero-order chi connectivity index (χ0) is 21.1. The van der Waals surface area contributed by atoms with E-state index in [0.717, 1.165) is 15.8 Å². The normalized spacial score (nSPS) is 10.7. The summed E-state index contributed by atoms with van der Waals surface area (Å²) in [6, 6.07) is 15.5. The number of esters is 1. The predicted molar refractivity (Wildman–Crippen MR) is 117 cm³/mol. The molecule has 2 aromatic heterocycles. The number of hydrogen-bond acceptors (Lipinski definition) is 6. The maximum atomic E-state index is 13.4. The number of fused-ring (bicyclic) bond motifs is 1. The number of methoxy groups -OCH3 is 1. The molecule has 4 rings (SSSR count). The van der Waals surface area contributed by atoms with Crippen molar-refractivity contribution in [2.75, 3.05) is 12.0 Å². The summed E-state index contributed by atoms with van der Waals surface area (Å²) < 4.78 is 5.61. The third-order valence-corrected chi connectivity index (χ3v) is 5.71. The number of carbonyl (C=O) groups is 2. The summed E-state index contributed by atoms with van der Waals surface area (Å²) in [4.78, 5) is 35.4. The average Bonchev–Trinajstić information content (AvgIpc) is 3.20. The van der Waals surface area contributed by atoms with Gasteiger partial charge in [-0.1, -0.05) is 29.0 Å². The SMILES string of the molecule is COC(=O)c1ccc(C(=O)N(Cc2cccnc2)c2nc3ccc(Cl)cc3s2)cc1. The van der Waals surface area contributed by atoms with E-state index in [0.29, 0.717) is 27.8 Å². The van der Waals surface area contributed by atoms with Crippen LogP contribution in [0.4, 0.5) is 5.13 Å². The molecule has 0 bridgehead atoms. The lowest BCUT2D eigenvalue weighted by molar-refractivity contribution is 0.0600. The molecule has 0 aliphatic carbocycles. The molecule has 8 heteroatoms. The predicted octanol–water partition coefficient (Wildman–Crippen LogP) is 4.98. The minimum Gasteiger partial charge on any atom is -0.465 e. The van der Waals surface area contributed by atoms with Crippen LogP contribution in [-0.2, 0) is 11.3 Å². The van der Waals surface area contributed by atoms with Gasteiger partial charge in [0.2, 0.25) is 0 Å². The topological polar surface area (TPSA) is 72.4 Å². The summed E-state index contributed by atoms with van der Waals surface area (Å²) in [7, 11) is 1.32. The third-order valence-electron chi connectivity index (χ3n) is 4.43. The number of nitrogens with zero attached hydrogens (tertiary/aromatic N) is 3. The molecule has 0 atom stereocenters. The fourth-order valence-corrected chi connectivity index (χ4v) is 4.16. The van der Waals surface area contributed by atoms with Gasteiger partial charge in [0.25, 0.3) is 5.91 Å². The molecule has 0 aliphatic heterocycles. The molecule has 0 unspecified atom stereocenters. The molecule has 0 aliphatic rings. The maximum Gasteiger partial charge on any atom is 0.337 e. The maximum absolute atomic E-state index is 13.4. The molecule has 1 amide bonds. The molecule has 150 valence electrons. The van der Waals surface area contributed by atoms with Gasteiger partial charge >= 0.3 is 5.97 Å². The van der Waals surface area contributed by atoms with Gasteiger partial charge in [-0.25, -0.2) is 9.78 Å². The molecular formula is C22H16ClN3O3S. The standard InChI is InChI=1S/C22H16ClN3O3S/c1-29-21(28)16-6-4-15(5-7-16)20(27)26(13-14-3-2-10-24-12-14)22-25-18-9-8-17(23)11-19(18)30-22/h2-12H,13H2,1H3. The van der Waals surface area contributed by atoms with E-state index in [-0.39, 0.29) is 5.91 Å². The van der Waals surface area contributed by atoms with E-state index in [1.54, 1.807) is 47.6 Å². The summed E-state index contributed by atoms with van der Waals surface area (Å²) in [6.07, 6.45) is 3.39. The van der Waals surface area contributed by atoms with Crippen LogP contribution in [0.1, 0.15) is 26.3 Å². The van der Waals surface area contributed by atoms with Gasteiger partial charge < -0.3 is 4.74 Å². The van der Waals surface area contributed by atoms with Crippen molar-refractivity contribution < 1.29 is 14.3 Å². The first-order valence-corrected chi connectivity index (χ1v) is 10.2. The Bertz CT molecular complexity index is 1210. The minimum absolute atomic E-state index is 0.236. The van der Waals surface area contributed by atoms with Crippen molar-refractivity contribution in [2.45, 2.75) is 6.54 Å². The fourth-order valence-electron chi connectivity index (χ4n) is 2.92. The second-order valence-electron chi connectivity index (χ2n) is 6.43. The van der Waals surface area contributed by atoms with Crippen molar-refractivity contribution in [3.63, 3.8) is 0 Å². The van der Waals surface area contributed by atoms with Gasteiger partial charge in [0.05, 0.1) is 29.4 Å². The number of aromatic nitrogens is 2. The Labute approximate surface area is 181 Å². The largest absolute Gasteiger partial charge is 0.465 e. The van der Waals surface area contributed by atoms with Crippen LogP contribution in [0.2, 0.25) is 5.02 Å². The molecule has 2 aromatic carbocycles. The van der Waals surface area contributed by atoms with E-state index in [4.69, 9.17) is 16.3 Å². The number of thiazole rings is 1. The molecule has 0 fully saturated rings. The third kappa shape index (κ3) is 4.17. The lowest BCUT2D eigenvalue weighted by atomic mass is 10.1. The number of carbonyl (C=O) groups excluding carboxylic acids is 2. The van der Waals surface area contributed by atoms with Gasteiger partial charge in [-0.15, -0.1) is 0 Å². The van der Waals surface area contributed by atoms with Crippen molar-refractivity contribution >= 4 is 50.2 Å². The Morgan fingerprint density at radius 3 is 2.57 bits per heavy atom. The smallest absolute Gasteiger partial charge is 0.337 e. The van der Waals surface area contributed by atoms with Crippen LogP contribution in [0, 0.1) is 0 Å². The van der Waals surface area contributed by atoms with Crippen LogP contribution in [0.3, 0.4) is 0 Å². The molecule has 0 N–H and O–H groups in total. The summed E-state index contributed by atoms with van der Waals surface area (Å²) in [6.45, 7) is 0.305. The number of pyridine rings is 1. The highest BCUT2D eigenvalue weighted by Gasteiger charge is 2.22. The van der Waals surface area contributed by atoms with Gasteiger partial charge in [0.15, 0.2) is 5.13 Å². The number of amides is 1. The van der Waals surface area contributed by atoms with Crippen molar-refractivity contribution in [2.24, 2.45) is 0 Å². The van der Waals surface area contributed by atoms with Crippen molar-refractivity contribution in [1.82, 2.24) is 9.97 Å². The monoisotopic (exact) mass is 437 g/mol. The van der Waals surface area contributed by atoms with E-state index in [1.807, 2.05) is 24.3 Å². The lowest BCUT2D eigenvalue weighted by Gasteiger charge is -2.20. The van der Waals surface area contributed by atoms with Crippen LogP contribution in [-0.4, -0.2) is 29.0 Å². The highest BCUT2D eigenvalue weighted by molar-refractivity contribution is 7.22. The van der Waals surface area contributed by atoms with E-state index >= 15 is 0 Å². The Morgan fingerprint density at radius 2 is 1.87 bits per heavy atom. The van der Waals surface area contributed by atoms with Crippen LogP contribution in [0.15, 0.2) is 67.0 Å². The van der Waals surface area contributed by atoms with Crippen molar-refractivity contribution in [3.05, 3.63) is 88.7 Å². The number of ether oxygens (including phenoxy) is 1. The van der Waals surface area contributed by atoms with E-state index in [2.05, 4.69) is 9.97 Å². The summed E-state index contributed by atoms with van der Waals surface area (Å²) >= 11 is 7.49. The first kappa shape index (κ1) is 20.0. The fraction of sp³-hybridized carbons (Fsp3) is 0.0909. The van der Waals surface area contributed by atoms with Gasteiger partial charge in [-0.3, -0.25) is 14.7 Å². The zero-order valence-electron chi connectivity index (χ0n) is 15.9. The Hall–Kier alpha value is -3.29. The van der Waals surface area contributed by atoms with Crippen LogP contribution < -0.4 is 4.90 Å². The summed E-state index contributed by atoms with van der Waals surface area (Å²) in [5.74, 6) is -0.690. The Kier molecular flexibility index (Phi) is 5.74. The van der Waals surface area contributed by atoms with E-state index < -0.39 is 5.97 Å². The quantitative estimate of drug-likeness (QED) is 0.412. The molecular weight excluding hydrogens is 422 g/mol. The van der Waals surface area contributed by atoms with Gasteiger partial charge in [0, 0.05) is 23.0 Å². The minimum atomic E-state index is -0.454. The molecule has 0 saturated carbocycles. The zero-order valence-corrected chi connectivity index (χ0v) is 17.5. The molecule has 0 radical (unpaired) electrons. The lowest BCUT2D eigenvalue weighted by Crippen LogP contribution is -2.30. The number of hydrogen-bond donors (Lipinski definition) is 0. The van der Waals surface area contributed by atoms with Crippen LogP contribution >= 0.6 is 22.9 Å². The molecule has 30 heavy (non-hydrogen) atoms. The molecule has 0 spiro atoms. The van der Waals surface area contributed by atoms with Crippen molar-refractivity contribution in [1.29, 1.82) is 0 Å². The molecule has 0 saturated heterocycles. The second kappa shape index (κ2) is 8.61. The van der Waals surface area contributed by atoms with E-state index in [9.17, 15) is 9.59 Å². The summed E-state index contributed by atoms with van der Waals surface area (Å²) in [5, 5.41) is 1.17. The molecule has 6 nitrogen and oxygen atoms in total. The highest BCUT2D eigenvalue weighted by atomic mass is 35.5. The first-order valence-electron chi connectivity index (χ1n) is 9.00. The summed E-state index contributed by atoms with van der Waals surface area (Å²) in [5.41, 5.74) is 2.45. The van der Waals surface area contributed by atoms with Crippen molar-refractivity contribution in [3.8, 4) is 0 Å². The average molecular weight is 438 g/mol. The van der Waals surface area contributed by atoms with E-state index in [1.165, 1.54) is 18.4 Å². The first-order chi connectivity index (χ1) is 14.5. The number of halogens is 1.